The third-order valence-electron chi connectivity index (χ3n) is 5.24. The van der Waals surface area contributed by atoms with Crippen LogP contribution in [0, 0.1) is 6.92 Å². The molecule has 1 aliphatic heterocycles. The number of amides is 4. The summed E-state index contributed by atoms with van der Waals surface area (Å²) in [6, 6.07) is 17.2. The molecule has 3 rings (SSSR count). The Bertz CT molecular complexity index is 914. The number of imide groups is 1. The highest BCUT2D eigenvalue weighted by Crippen LogP contribution is 2.22. The molecule has 2 aromatic carbocycles. The molecule has 7 heteroatoms. The van der Waals surface area contributed by atoms with E-state index in [1.54, 1.807) is 6.92 Å². The second kappa shape index (κ2) is 9.09. The van der Waals surface area contributed by atoms with Crippen LogP contribution < -0.4 is 10.7 Å². The number of hydrogen-bond donors (Lipinski definition) is 2. The molecule has 2 N–H and O–H groups in total. The van der Waals surface area contributed by atoms with Gasteiger partial charge in [0.25, 0.3) is 11.8 Å². The van der Waals surface area contributed by atoms with Crippen molar-refractivity contribution in [3.05, 3.63) is 71.3 Å². The number of hydrogen-bond acceptors (Lipinski definition) is 4. The van der Waals surface area contributed by atoms with E-state index in [0.29, 0.717) is 19.4 Å². The van der Waals surface area contributed by atoms with Gasteiger partial charge in [-0.3, -0.25) is 19.9 Å². The maximum atomic E-state index is 12.8. The second-order valence-electron chi connectivity index (χ2n) is 8.08. The van der Waals surface area contributed by atoms with Gasteiger partial charge in [-0.1, -0.05) is 60.2 Å². The van der Waals surface area contributed by atoms with Crippen LogP contribution in [0.3, 0.4) is 0 Å². The number of nitrogens with zero attached hydrogens (tertiary/aromatic N) is 2. The van der Waals surface area contributed by atoms with Gasteiger partial charge in [-0.25, -0.2) is 4.79 Å². The lowest BCUT2D eigenvalue weighted by molar-refractivity contribution is -0.139. The first-order valence-electron chi connectivity index (χ1n) is 10.0. The zero-order valence-electron chi connectivity index (χ0n) is 17.6. The molecular formula is C23H28N4O3. The molecule has 1 aliphatic rings. The topological polar surface area (TPSA) is 81.8 Å². The smallest absolute Gasteiger partial charge is 0.322 e. The number of carbonyl (C=O) groups excluding carboxylic acids is 3. The summed E-state index contributed by atoms with van der Waals surface area (Å²) in [7, 11) is 1.81. The lowest BCUT2D eigenvalue weighted by Crippen LogP contribution is -2.51. The molecule has 4 amide bonds. The standard InChI is InChI=1S/C23H28N4O3/c1-17-9-11-19(12-10-17)15-26(3)16-20(28)25-27-21(29)23(2,24-22(27)30)14-13-18-7-5-4-6-8-18/h4-12H,13-16H2,1-3H3,(H,24,30)(H,25,28)/t23-/m0/s1. The van der Waals surface area contributed by atoms with Crippen LogP contribution >= 0.6 is 0 Å². The van der Waals surface area contributed by atoms with Gasteiger partial charge in [0.05, 0.1) is 6.54 Å². The molecule has 0 spiro atoms. The highest BCUT2D eigenvalue weighted by molar-refractivity contribution is 6.07. The second-order valence-corrected chi connectivity index (χ2v) is 8.08. The molecule has 1 fully saturated rings. The van der Waals surface area contributed by atoms with Gasteiger partial charge >= 0.3 is 6.03 Å². The van der Waals surface area contributed by atoms with Crippen LogP contribution in [0.15, 0.2) is 54.6 Å². The van der Waals surface area contributed by atoms with E-state index in [1.165, 1.54) is 5.56 Å². The van der Waals surface area contributed by atoms with Crippen molar-refractivity contribution in [2.45, 2.75) is 38.8 Å². The molecule has 30 heavy (non-hydrogen) atoms. The molecule has 2 aromatic rings. The summed E-state index contributed by atoms with van der Waals surface area (Å²) in [5.41, 5.74) is 4.74. The average Bonchev–Trinajstić information content (AvgIpc) is 2.92. The van der Waals surface area contributed by atoms with Crippen LogP contribution in [0.2, 0.25) is 0 Å². The lowest BCUT2D eigenvalue weighted by Gasteiger charge is -2.22. The van der Waals surface area contributed by atoms with E-state index >= 15 is 0 Å². The number of aryl methyl sites for hydroxylation is 2. The van der Waals surface area contributed by atoms with E-state index in [0.717, 1.165) is 16.1 Å². The maximum Gasteiger partial charge on any atom is 0.344 e. The van der Waals surface area contributed by atoms with Crippen molar-refractivity contribution in [3.8, 4) is 0 Å². The van der Waals surface area contributed by atoms with Crippen LogP contribution in [0.4, 0.5) is 4.79 Å². The van der Waals surface area contributed by atoms with Gasteiger partial charge < -0.3 is 5.32 Å². The first-order valence-corrected chi connectivity index (χ1v) is 10.0. The summed E-state index contributed by atoms with van der Waals surface area (Å²) >= 11 is 0. The molecule has 1 heterocycles. The molecule has 158 valence electrons. The van der Waals surface area contributed by atoms with E-state index in [2.05, 4.69) is 10.7 Å². The van der Waals surface area contributed by atoms with Gasteiger partial charge in [-0.05, 0) is 44.9 Å². The number of urea groups is 1. The fourth-order valence-corrected chi connectivity index (χ4v) is 3.46. The van der Waals surface area contributed by atoms with Gasteiger partial charge in [-0.2, -0.15) is 5.01 Å². The molecule has 1 atom stereocenters. The number of hydrazine groups is 1. The van der Waals surface area contributed by atoms with Gasteiger partial charge in [0.2, 0.25) is 0 Å². The Morgan fingerprint density at radius 1 is 1.07 bits per heavy atom. The van der Waals surface area contributed by atoms with Crippen molar-refractivity contribution in [1.82, 2.24) is 20.7 Å². The summed E-state index contributed by atoms with van der Waals surface area (Å²) in [5.74, 6) is -0.863. The minimum atomic E-state index is -1.05. The Labute approximate surface area is 177 Å². The number of benzene rings is 2. The number of nitrogens with one attached hydrogen (secondary N) is 2. The molecule has 0 saturated carbocycles. The SMILES string of the molecule is Cc1ccc(CN(C)CC(=O)NN2C(=O)N[C@@](C)(CCc3ccccc3)C2=O)cc1. The maximum absolute atomic E-state index is 12.8. The molecule has 0 bridgehead atoms. The average molecular weight is 409 g/mol. The number of rotatable bonds is 8. The summed E-state index contributed by atoms with van der Waals surface area (Å²) in [6.07, 6.45) is 1.09. The monoisotopic (exact) mass is 408 g/mol. The van der Waals surface area contributed by atoms with E-state index < -0.39 is 23.4 Å². The Hall–Kier alpha value is -3.19. The van der Waals surface area contributed by atoms with E-state index in [9.17, 15) is 14.4 Å². The third kappa shape index (κ3) is 5.24. The molecule has 1 saturated heterocycles. The van der Waals surface area contributed by atoms with Crippen LogP contribution in [0.25, 0.3) is 0 Å². The Morgan fingerprint density at radius 3 is 2.40 bits per heavy atom. The Kier molecular flexibility index (Phi) is 6.52. The minimum Gasteiger partial charge on any atom is -0.322 e. The molecule has 0 aromatic heterocycles. The van der Waals surface area contributed by atoms with Crippen LogP contribution in [-0.2, 0) is 22.6 Å². The first kappa shape index (κ1) is 21.5. The van der Waals surface area contributed by atoms with Crippen molar-refractivity contribution in [1.29, 1.82) is 0 Å². The molecule has 0 unspecified atom stereocenters. The summed E-state index contributed by atoms with van der Waals surface area (Å²) < 4.78 is 0. The van der Waals surface area contributed by atoms with Crippen LogP contribution in [0.1, 0.15) is 30.0 Å². The normalized spacial score (nSPS) is 18.6. The largest absolute Gasteiger partial charge is 0.344 e. The molecular weight excluding hydrogens is 380 g/mol. The highest BCUT2D eigenvalue weighted by atomic mass is 16.2. The highest BCUT2D eigenvalue weighted by Gasteiger charge is 2.48. The van der Waals surface area contributed by atoms with Crippen molar-refractivity contribution < 1.29 is 14.4 Å². The van der Waals surface area contributed by atoms with Crippen molar-refractivity contribution in [2.75, 3.05) is 13.6 Å². The van der Waals surface area contributed by atoms with E-state index in [-0.39, 0.29) is 6.54 Å². The quantitative estimate of drug-likeness (QED) is 0.657. The number of carbonyl (C=O) groups is 3. The predicted octanol–water partition coefficient (Wildman–Crippen LogP) is 2.40. The Morgan fingerprint density at radius 2 is 1.73 bits per heavy atom. The van der Waals surface area contributed by atoms with Gasteiger partial charge in [-0.15, -0.1) is 0 Å². The summed E-state index contributed by atoms with van der Waals surface area (Å²) in [4.78, 5) is 39.4. The van der Waals surface area contributed by atoms with Crippen LogP contribution in [0.5, 0.6) is 0 Å². The molecule has 7 nitrogen and oxygen atoms in total. The van der Waals surface area contributed by atoms with Crippen molar-refractivity contribution in [3.63, 3.8) is 0 Å². The predicted molar refractivity (Wildman–Crippen MR) is 114 cm³/mol. The van der Waals surface area contributed by atoms with Crippen molar-refractivity contribution >= 4 is 17.8 Å². The lowest BCUT2D eigenvalue weighted by atomic mass is 9.93. The van der Waals surface area contributed by atoms with Gasteiger partial charge in [0.15, 0.2) is 0 Å². The van der Waals surface area contributed by atoms with E-state index in [4.69, 9.17) is 0 Å². The Balaban J connectivity index is 1.53. The third-order valence-corrected chi connectivity index (χ3v) is 5.24. The van der Waals surface area contributed by atoms with Crippen molar-refractivity contribution in [2.24, 2.45) is 0 Å². The van der Waals surface area contributed by atoms with Crippen LogP contribution in [-0.4, -0.2) is 46.9 Å². The molecule has 0 radical (unpaired) electrons. The van der Waals surface area contributed by atoms with Gasteiger partial charge in [0, 0.05) is 6.54 Å². The zero-order chi connectivity index (χ0) is 21.7. The summed E-state index contributed by atoms with van der Waals surface area (Å²) in [6.45, 7) is 4.35. The fraction of sp³-hybridized carbons (Fsp3) is 0.348. The molecule has 0 aliphatic carbocycles. The first-order chi connectivity index (χ1) is 14.3. The summed E-state index contributed by atoms with van der Waals surface area (Å²) in [5, 5.41) is 3.51. The fourth-order valence-electron chi connectivity index (χ4n) is 3.46. The van der Waals surface area contributed by atoms with E-state index in [1.807, 2.05) is 73.5 Å². The minimum absolute atomic E-state index is 0.0612. The number of likely N-dealkylation sites (N-methyl/N-ethyl adjacent to an activating group) is 1. The zero-order valence-corrected chi connectivity index (χ0v) is 17.6. The van der Waals surface area contributed by atoms with Gasteiger partial charge in [0.1, 0.15) is 5.54 Å².